The molecule has 0 unspecified atom stereocenters. The molecule has 0 spiro atoms. The number of para-hydroxylation sites is 1. The van der Waals surface area contributed by atoms with Crippen LogP contribution in [0.4, 0.5) is 11.4 Å². The Morgan fingerprint density at radius 1 is 0.941 bits per heavy atom. The maximum Gasteiger partial charge on any atom is 0.316 e. The number of benzene rings is 2. The number of carbonyl (C=O) groups excluding carboxylic acids is 4. The zero-order chi connectivity index (χ0) is 24.0. The van der Waals surface area contributed by atoms with Gasteiger partial charge < -0.3 is 9.64 Å². The molecule has 0 bridgehead atoms. The van der Waals surface area contributed by atoms with Crippen LogP contribution in [0.15, 0.2) is 48.5 Å². The molecule has 2 saturated heterocycles. The normalized spacial score (nSPS) is 26.7. The highest BCUT2D eigenvalue weighted by molar-refractivity contribution is 6.22. The number of fused-ring (bicyclic) bond motifs is 1. The lowest BCUT2D eigenvalue weighted by Crippen LogP contribution is -2.30. The van der Waals surface area contributed by atoms with Gasteiger partial charge >= 0.3 is 5.97 Å². The number of nitrogens with zero attached hydrogens (tertiary/aromatic N) is 2. The van der Waals surface area contributed by atoms with Crippen LogP contribution in [0.1, 0.15) is 38.2 Å². The third-order valence-electron chi connectivity index (χ3n) is 7.37. The third-order valence-corrected chi connectivity index (χ3v) is 7.37. The summed E-state index contributed by atoms with van der Waals surface area (Å²) in [6.07, 6.45) is 2.57. The van der Waals surface area contributed by atoms with Crippen LogP contribution >= 0.6 is 0 Å². The number of anilines is 2. The van der Waals surface area contributed by atoms with Gasteiger partial charge in [-0.25, -0.2) is 0 Å². The van der Waals surface area contributed by atoms with Crippen molar-refractivity contribution in [3.8, 4) is 5.75 Å². The van der Waals surface area contributed by atoms with Crippen molar-refractivity contribution in [3.63, 3.8) is 0 Å². The lowest BCUT2D eigenvalue weighted by atomic mass is 9.76. The first-order valence-corrected chi connectivity index (χ1v) is 11.9. The standard InChI is InChI=1S/C27H28N2O5/c1-16-7-12-21-22(13-16)26(32)29(25(21)31)19-8-10-20(11-9-19)34-27(33)18-14-24(30)28(15-18)23-6-4-3-5-17(23)2/h3-6,8-11,16,18,21-22H,7,12-15H2,1-2H3/t16-,18+,21+,22-/m0/s1. The van der Waals surface area contributed by atoms with E-state index in [0.717, 1.165) is 30.5 Å². The molecule has 2 aliphatic heterocycles. The molecule has 7 heteroatoms. The molecule has 1 aliphatic carbocycles. The molecule has 34 heavy (non-hydrogen) atoms. The minimum absolute atomic E-state index is 0.100. The topological polar surface area (TPSA) is 84.0 Å². The molecular formula is C27H28N2O5. The summed E-state index contributed by atoms with van der Waals surface area (Å²) in [4.78, 5) is 54.0. The van der Waals surface area contributed by atoms with Gasteiger partial charge in [0, 0.05) is 18.7 Å². The zero-order valence-corrected chi connectivity index (χ0v) is 19.4. The summed E-state index contributed by atoms with van der Waals surface area (Å²) in [5.41, 5.74) is 2.28. The Balaban J connectivity index is 1.25. The van der Waals surface area contributed by atoms with E-state index in [0.29, 0.717) is 17.4 Å². The molecule has 3 amide bonds. The summed E-state index contributed by atoms with van der Waals surface area (Å²) >= 11 is 0. The predicted molar refractivity (Wildman–Crippen MR) is 126 cm³/mol. The minimum Gasteiger partial charge on any atom is -0.426 e. The van der Waals surface area contributed by atoms with Gasteiger partial charge in [0.25, 0.3) is 0 Å². The Kier molecular flexibility index (Phi) is 5.71. The maximum atomic E-state index is 12.9. The van der Waals surface area contributed by atoms with Crippen LogP contribution < -0.4 is 14.5 Å². The van der Waals surface area contributed by atoms with E-state index in [1.807, 2.05) is 31.2 Å². The van der Waals surface area contributed by atoms with Crippen molar-refractivity contribution in [2.75, 3.05) is 16.3 Å². The second-order valence-electron chi connectivity index (χ2n) is 9.75. The monoisotopic (exact) mass is 460 g/mol. The minimum atomic E-state index is -0.557. The van der Waals surface area contributed by atoms with Crippen molar-refractivity contribution >= 4 is 35.1 Å². The van der Waals surface area contributed by atoms with Gasteiger partial charge in [0.15, 0.2) is 0 Å². The van der Waals surface area contributed by atoms with Crippen LogP contribution in [-0.4, -0.2) is 30.2 Å². The second-order valence-corrected chi connectivity index (χ2v) is 9.75. The molecule has 0 radical (unpaired) electrons. The average Bonchev–Trinajstić information content (AvgIpc) is 3.32. The van der Waals surface area contributed by atoms with Gasteiger partial charge in [-0.15, -0.1) is 0 Å². The van der Waals surface area contributed by atoms with Gasteiger partial charge in [-0.05, 0) is 68.0 Å². The molecule has 4 atom stereocenters. The number of hydrogen-bond donors (Lipinski definition) is 0. The van der Waals surface area contributed by atoms with Crippen LogP contribution in [-0.2, 0) is 19.2 Å². The smallest absolute Gasteiger partial charge is 0.316 e. The molecule has 0 N–H and O–H groups in total. The molecule has 7 nitrogen and oxygen atoms in total. The van der Waals surface area contributed by atoms with Crippen LogP contribution in [0.5, 0.6) is 5.75 Å². The maximum absolute atomic E-state index is 12.9. The van der Waals surface area contributed by atoms with Gasteiger partial charge in [0.1, 0.15) is 5.75 Å². The quantitative estimate of drug-likeness (QED) is 0.393. The Labute approximate surface area is 198 Å². The summed E-state index contributed by atoms with van der Waals surface area (Å²) in [6.45, 7) is 4.33. The molecule has 176 valence electrons. The molecule has 1 saturated carbocycles. The van der Waals surface area contributed by atoms with Crippen LogP contribution in [0.25, 0.3) is 0 Å². The van der Waals surface area contributed by atoms with Gasteiger partial charge in [-0.2, -0.15) is 0 Å². The fourth-order valence-corrected chi connectivity index (χ4v) is 5.47. The number of amides is 3. The number of hydrogen-bond acceptors (Lipinski definition) is 5. The molecular weight excluding hydrogens is 432 g/mol. The first-order chi connectivity index (χ1) is 16.3. The molecule has 0 aromatic heterocycles. The summed E-state index contributed by atoms with van der Waals surface area (Å²) in [5.74, 6) is -1.08. The SMILES string of the molecule is Cc1ccccc1N1C[C@H](C(=O)Oc2ccc(N3C(=O)[C@H]4C[C@@H](C)CC[C@H]4C3=O)cc2)CC1=O. The summed E-state index contributed by atoms with van der Waals surface area (Å²) in [7, 11) is 0. The fraction of sp³-hybridized carbons (Fsp3) is 0.407. The molecule has 3 fully saturated rings. The Bertz CT molecular complexity index is 1160. The van der Waals surface area contributed by atoms with E-state index >= 15 is 0 Å². The average molecular weight is 461 g/mol. The second kappa shape index (κ2) is 8.70. The lowest BCUT2D eigenvalue weighted by molar-refractivity contribution is -0.139. The van der Waals surface area contributed by atoms with Crippen molar-refractivity contribution in [2.45, 2.75) is 39.5 Å². The van der Waals surface area contributed by atoms with E-state index in [1.165, 1.54) is 4.90 Å². The lowest BCUT2D eigenvalue weighted by Gasteiger charge is -2.25. The largest absolute Gasteiger partial charge is 0.426 e. The van der Waals surface area contributed by atoms with E-state index in [-0.39, 0.29) is 42.5 Å². The highest BCUT2D eigenvalue weighted by Gasteiger charge is 2.50. The molecule has 5 rings (SSSR count). The Hall–Kier alpha value is -3.48. The van der Waals surface area contributed by atoms with E-state index in [4.69, 9.17) is 4.74 Å². The summed E-state index contributed by atoms with van der Waals surface area (Å²) in [5, 5.41) is 0. The number of esters is 1. The predicted octanol–water partition coefficient (Wildman–Crippen LogP) is 3.88. The third kappa shape index (κ3) is 3.89. The van der Waals surface area contributed by atoms with E-state index in [1.54, 1.807) is 29.2 Å². The number of carbonyl (C=O) groups is 4. The number of ether oxygens (including phenoxy) is 1. The van der Waals surface area contributed by atoms with Gasteiger partial charge in [-0.1, -0.05) is 25.1 Å². The number of imide groups is 1. The van der Waals surface area contributed by atoms with Gasteiger partial charge in [-0.3, -0.25) is 24.1 Å². The highest BCUT2D eigenvalue weighted by Crippen LogP contribution is 2.42. The summed E-state index contributed by atoms with van der Waals surface area (Å²) in [6, 6.07) is 14.0. The van der Waals surface area contributed by atoms with Crippen molar-refractivity contribution in [3.05, 3.63) is 54.1 Å². The van der Waals surface area contributed by atoms with E-state index < -0.39 is 11.9 Å². The first-order valence-electron chi connectivity index (χ1n) is 11.9. The van der Waals surface area contributed by atoms with E-state index in [9.17, 15) is 19.2 Å². The zero-order valence-electron chi connectivity index (χ0n) is 19.4. The number of aryl methyl sites for hydroxylation is 1. The molecule has 2 heterocycles. The fourth-order valence-electron chi connectivity index (χ4n) is 5.47. The highest BCUT2D eigenvalue weighted by atomic mass is 16.5. The Morgan fingerprint density at radius 3 is 2.38 bits per heavy atom. The van der Waals surface area contributed by atoms with E-state index in [2.05, 4.69) is 6.92 Å². The van der Waals surface area contributed by atoms with Crippen LogP contribution in [0.2, 0.25) is 0 Å². The summed E-state index contributed by atoms with van der Waals surface area (Å²) < 4.78 is 5.53. The molecule has 2 aromatic carbocycles. The molecule has 3 aliphatic rings. The van der Waals surface area contributed by atoms with Crippen molar-refractivity contribution < 1.29 is 23.9 Å². The Morgan fingerprint density at radius 2 is 1.65 bits per heavy atom. The number of rotatable bonds is 4. The van der Waals surface area contributed by atoms with Crippen molar-refractivity contribution in [1.82, 2.24) is 0 Å². The van der Waals surface area contributed by atoms with Crippen molar-refractivity contribution in [1.29, 1.82) is 0 Å². The first kappa shape index (κ1) is 22.3. The van der Waals surface area contributed by atoms with Gasteiger partial charge in [0.2, 0.25) is 17.7 Å². The molecule has 2 aromatic rings. The van der Waals surface area contributed by atoms with Crippen molar-refractivity contribution in [2.24, 2.45) is 23.7 Å². The van der Waals surface area contributed by atoms with Crippen LogP contribution in [0.3, 0.4) is 0 Å². The van der Waals surface area contributed by atoms with Gasteiger partial charge in [0.05, 0.1) is 23.4 Å². The van der Waals surface area contributed by atoms with Crippen LogP contribution in [0, 0.1) is 30.6 Å².